The first-order valence-corrected chi connectivity index (χ1v) is 6.35. The van der Waals surface area contributed by atoms with Crippen molar-refractivity contribution in [1.82, 2.24) is 5.32 Å². The van der Waals surface area contributed by atoms with E-state index in [1.165, 1.54) is 12.1 Å². The van der Waals surface area contributed by atoms with Gasteiger partial charge in [0.15, 0.2) is 0 Å². The maximum Gasteiger partial charge on any atom is 0.339 e. The fourth-order valence-electron chi connectivity index (χ4n) is 1.59. The first-order valence-electron chi connectivity index (χ1n) is 6.35. The first-order chi connectivity index (χ1) is 10.4. The predicted molar refractivity (Wildman–Crippen MR) is 77.0 cm³/mol. The van der Waals surface area contributed by atoms with Crippen LogP contribution in [0.4, 0.5) is 0 Å². The van der Waals surface area contributed by atoms with Crippen LogP contribution in [0.2, 0.25) is 0 Å². The summed E-state index contributed by atoms with van der Waals surface area (Å²) >= 11 is 0. The summed E-state index contributed by atoms with van der Waals surface area (Å²) in [7, 11) is 1.06. The van der Waals surface area contributed by atoms with Gasteiger partial charge < -0.3 is 14.8 Å². The zero-order valence-electron chi connectivity index (χ0n) is 12.2. The summed E-state index contributed by atoms with van der Waals surface area (Å²) in [6.45, 7) is 5.48. The van der Waals surface area contributed by atoms with Gasteiger partial charge >= 0.3 is 5.97 Å². The Hall–Kier alpha value is -2.90. The Morgan fingerprint density at radius 1 is 1.36 bits per heavy atom. The van der Waals surface area contributed by atoms with Crippen LogP contribution >= 0.6 is 0 Å². The zero-order chi connectivity index (χ0) is 16.7. The van der Waals surface area contributed by atoms with E-state index in [1.807, 2.05) is 6.92 Å². The number of hydrogen-bond acceptors (Lipinski definition) is 6. The molecule has 22 heavy (non-hydrogen) atoms. The number of rotatable bonds is 7. The summed E-state index contributed by atoms with van der Waals surface area (Å²) in [6, 6.07) is 4.55. The Kier molecular flexibility index (Phi) is 6.06. The Labute approximate surface area is 126 Å². The average molecular weight is 308 g/mol. The fraction of sp³-hybridized carbons (Fsp3) is 0.286. The van der Waals surface area contributed by atoms with E-state index in [9.17, 15) is 19.7 Å². The highest BCUT2D eigenvalue weighted by atomic mass is 16.6. The molecule has 1 unspecified atom stereocenters. The standard InChI is InChI=1S/C14H16N2O6/c1-4-22-11-7-5-10(6-8-11)13(17)15-12(14(18)21-3)9(2)16(19)20/h5-8,12H,2,4H2,1,3H3,(H,15,17). The summed E-state index contributed by atoms with van der Waals surface area (Å²) < 4.78 is 9.67. The molecule has 0 saturated heterocycles. The third kappa shape index (κ3) is 4.30. The molecular weight excluding hydrogens is 292 g/mol. The number of carbonyl (C=O) groups excluding carboxylic acids is 2. The molecule has 0 aliphatic carbocycles. The van der Waals surface area contributed by atoms with Crippen LogP contribution in [0, 0.1) is 10.1 Å². The number of nitrogens with zero attached hydrogens (tertiary/aromatic N) is 1. The van der Waals surface area contributed by atoms with Crippen LogP contribution in [0.25, 0.3) is 0 Å². The van der Waals surface area contributed by atoms with Crippen molar-refractivity contribution in [2.24, 2.45) is 0 Å². The van der Waals surface area contributed by atoms with E-state index in [0.717, 1.165) is 7.11 Å². The van der Waals surface area contributed by atoms with Crippen molar-refractivity contribution >= 4 is 11.9 Å². The predicted octanol–water partition coefficient (Wildman–Crippen LogP) is 1.15. The molecule has 0 radical (unpaired) electrons. The molecule has 1 atom stereocenters. The number of benzene rings is 1. The highest BCUT2D eigenvalue weighted by Gasteiger charge is 2.32. The normalized spacial score (nSPS) is 11.2. The maximum absolute atomic E-state index is 12.0. The van der Waals surface area contributed by atoms with Gasteiger partial charge in [-0.15, -0.1) is 0 Å². The Bertz CT molecular complexity index is 582. The van der Waals surface area contributed by atoms with Gasteiger partial charge in [-0.2, -0.15) is 0 Å². The first kappa shape index (κ1) is 17.2. The Balaban J connectivity index is 2.88. The summed E-state index contributed by atoms with van der Waals surface area (Å²) in [5.41, 5.74) is -0.459. The molecule has 1 N–H and O–H groups in total. The molecule has 0 aliphatic heterocycles. The van der Waals surface area contributed by atoms with E-state index >= 15 is 0 Å². The summed E-state index contributed by atoms with van der Waals surface area (Å²) in [4.78, 5) is 33.5. The number of nitro groups is 1. The van der Waals surface area contributed by atoms with Crippen LogP contribution in [-0.4, -0.2) is 36.6 Å². The lowest BCUT2D eigenvalue weighted by molar-refractivity contribution is -0.428. The monoisotopic (exact) mass is 308 g/mol. The maximum atomic E-state index is 12.0. The molecule has 1 amide bonds. The van der Waals surface area contributed by atoms with Gasteiger partial charge in [0.2, 0.25) is 6.04 Å². The number of hydrogen-bond donors (Lipinski definition) is 1. The molecule has 8 heteroatoms. The lowest BCUT2D eigenvalue weighted by Gasteiger charge is -2.13. The number of carbonyl (C=O) groups is 2. The molecular formula is C14H16N2O6. The second-order valence-corrected chi connectivity index (χ2v) is 4.14. The highest BCUT2D eigenvalue weighted by molar-refractivity contribution is 5.97. The molecule has 118 valence electrons. The van der Waals surface area contributed by atoms with Gasteiger partial charge in [-0.1, -0.05) is 0 Å². The third-order valence-electron chi connectivity index (χ3n) is 2.71. The minimum atomic E-state index is -1.56. The molecule has 1 aromatic rings. The van der Waals surface area contributed by atoms with Gasteiger partial charge in [-0.3, -0.25) is 14.9 Å². The molecule has 0 aliphatic rings. The summed E-state index contributed by atoms with van der Waals surface area (Å²) in [6.07, 6.45) is 0. The zero-order valence-corrected chi connectivity index (χ0v) is 12.2. The van der Waals surface area contributed by atoms with Crippen molar-refractivity contribution in [3.05, 3.63) is 52.2 Å². The highest BCUT2D eigenvalue weighted by Crippen LogP contribution is 2.13. The van der Waals surface area contributed by atoms with Crippen molar-refractivity contribution in [3.8, 4) is 5.75 Å². The van der Waals surface area contributed by atoms with Crippen molar-refractivity contribution in [2.75, 3.05) is 13.7 Å². The van der Waals surface area contributed by atoms with Crippen LogP contribution in [0.5, 0.6) is 5.75 Å². The van der Waals surface area contributed by atoms with Gasteiger partial charge in [-0.05, 0) is 37.8 Å². The second-order valence-electron chi connectivity index (χ2n) is 4.14. The van der Waals surface area contributed by atoms with Gasteiger partial charge in [0.1, 0.15) is 5.75 Å². The van der Waals surface area contributed by atoms with E-state index in [-0.39, 0.29) is 5.56 Å². The van der Waals surface area contributed by atoms with Crippen molar-refractivity contribution in [1.29, 1.82) is 0 Å². The van der Waals surface area contributed by atoms with Gasteiger partial charge in [0.05, 0.1) is 18.6 Å². The van der Waals surface area contributed by atoms with E-state index in [4.69, 9.17) is 4.74 Å². The molecule has 0 fully saturated rings. The van der Waals surface area contributed by atoms with E-state index < -0.39 is 28.5 Å². The molecule has 0 bridgehead atoms. The van der Waals surface area contributed by atoms with E-state index in [2.05, 4.69) is 16.6 Å². The minimum absolute atomic E-state index is 0.216. The average Bonchev–Trinajstić information content (AvgIpc) is 2.51. The minimum Gasteiger partial charge on any atom is -0.494 e. The van der Waals surface area contributed by atoms with Crippen molar-refractivity contribution in [3.63, 3.8) is 0 Å². The van der Waals surface area contributed by atoms with Crippen LogP contribution in [0.15, 0.2) is 36.5 Å². The molecule has 1 rings (SSSR count). The molecule has 8 nitrogen and oxygen atoms in total. The number of amides is 1. The van der Waals surface area contributed by atoms with Crippen LogP contribution < -0.4 is 10.1 Å². The van der Waals surface area contributed by atoms with Crippen molar-refractivity contribution in [2.45, 2.75) is 13.0 Å². The lowest BCUT2D eigenvalue weighted by atomic mass is 10.1. The third-order valence-corrected chi connectivity index (χ3v) is 2.71. The SMILES string of the molecule is C=C(C(NC(=O)c1ccc(OCC)cc1)C(=O)OC)[N+](=O)[O-]. The second kappa shape index (κ2) is 7.77. The summed E-state index contributed by atoms with van der Waals surface area (Å²) in [5.74, 6) is -1.05. The van der Waals surface area contributed by atoms with Crippen molar-refractivity contribution < 1.29 is 24.0 Å². The molecule has 0 heterocycles. The van der Waals surface area contributed by atoms with Crippen LogP contribution in [0.1, 0.15) is 17.3 Å². The number of ether oxygens (including phenoxy) is 2. The topological polar surface area (TPSA) is 108 Å². The van der Waals surface area contributed by atoms with Gasteiger partial charge in [-0.25, -0.2) is 4.79 Å². The largest absolute Gasteiger partial charge is 0.494 e. The Morgan fingerprint density at radius 3 is 2.41 bits per heavy atom. The van der Waals surface area contributed by atoms with Crippen LogP contribution in [-0.2, 0) is 9.53 Å². The molecule has 0 saturated carbocycles. The smallest absolute Gasteiger partial charge is 0.339 e. The molecule has 1 aromatic carbocycles. The number of methoxy groups -OCH3 is 1. The quantitative estimate of drug-likeness (QED) is 0.460. The van der Waals surface area contributed by atoms with E-state index in [1.54, 1.807) is 12.1 Å². The lowest BCUT2D eigenvalue weighted by Crippen LogP contribution is -2.44. The number of esters is 1. The van der Waals surface area contributed by atoms with Gasteiger partial charge in [0, 0.05) is 5.56 Å². The number of nitrogens with one attached hydrogen (secondary N) is 1. The molecule has 0 spiro atoms. The molecule has 0 aromatic heterocycles. The fourth-order valence-corrected chi connectivity index (χ4v) is 1.59. The van der Waals surface area contributed by atoms with Crippen LogP contribution in [0.3, 0.4) is 0 Å². The van der Waals surface area contributed by atoms with E-state index in [0.29, 0.717) is 12.4 Å². The Morgan fingerprint density at radius 2 is 1.95 bits per heavy atom. The summed E-state index contributed by atoms with van der Waals surface area (Å²) in [5, 5.41) is 12.9. The van der Waals surface area contributed by atoms with Gasteiger partial charge in [0.25, 0.3) is 11.6 Å².